The zero-order valence-electron chi connectivity index (χ0n) is 19.8. The molecule has 0 spiro atoms. The van der Waals surface area contributed by atoms with E-state index >= 15 is 0 Å². The maximum Gasteiger partial charge on any atom is 0.410 e. The van der Waals surface area contributed by atoms with E-state index in [9.17, 15) is 4.79 Å². The molecule has 0 atom stereocenters. The van der Waals surface area contributed by atoms with Gasteiger partial charge in [-0.3, -0.25) is 0 Å². The lowest BCUT2D eigenvalue weighted by Gasteiger charge is -2.40. The van der Waals surface area contributed by atoms with Crippen molar-refractivity contribution in [2.75, 3.05) is 19.7 Å². The molecule has 0 unspecified atom stereocenters. The summed E-state index contributed by atoms with van der Waals surface area (Å²) in [5.74, 6) is 1.82. The molecule has 9 nitrogen and oxygen atoms in total. The number of ether oxygens (including phenoxy) is 2. The normalized spacial score (nSPS) is 16.0. The van der Waals surface area contributed by atoms with Crippen molar-refractivity contribution in [2.24, 2.45) is 0 Å². The third-order valence-electron chi connectivity index (χ3n) is 5.91. The van der Waals surface area contributed by atoms with E-state index in [2.05, 4.69) is 42.1 Å². The summed E-state index contributed by atoms with van der Waals surface area (Å²) in [6, 6.07) is 8.49. The molecule has 2 aromatic heterocycles. The zero-order chi connectivity index (χ0) is 23.3. The fraction of sp³-hybridized carbons (Fsp3) is 0.500. The molecule has 5 rings (SSSR count). The van der Waals surface area contributed by atoms with Crippen molar-refractivity contribution < 1.29 is 14.3 Å². The number of rotatable bonds is 3. The molecule has 2 aliphatic rings. The predicted molar refractivity (Wildman–Crippen MR) is 123 cm³/mol. The van der Waals surface area contributed by atoms with Crippen LogP contribution in [0.5, 0.6) is 5.75 Å². The largest absolute Gasteiger partial charge is 0.491 e. The molecule has 4 heterocycles. The lowest BCUT2D eigenvalue weighted by atomic mass is 9.91. The monoisotopic (exact) mass is 450 g/mol. The number of amides is 1. The van der Waals surface area contributed by atoms with Crippen molar-refractivity contribution in [2.45, 2.75) is 58.6 Å². The number of carbonyl (C=O) groups excluding carboxylic acids is 1. The molecule has 2 aliphatic heterocycles. The molecule has 1 saturated heterocycles. The summed E-state index contributed by atoms with van der Waals surface area (Å²) in [5.41, 5.74) is 3.46. The summed E-state index contributed by atoms with van der Waals surface area (Å²) < 4.78 is 15.3. The van der Waals surface area contributed by atoms with Gasteiger partial charge in [-0.15, -0.1) is 0 Å². The molecule has 0 aliphatic carbocycles. The Morgan fingerprint density at radius 3 is 2.73 bits per heavy atom. The minimum absolute atomic E-state index is 0.192. The third-order valence-corrected chi connectivity index (χ3v) is 5.91. The Morgan fingerprint density at radius 1 is 1.21 bits per heavy atom. The predicted octanol–water partition coefficient (Wildman–Crippen LogP) is 3.98. The van der Waals surface area contributed by atoms with Gasteiger partial charge in [-0.05, 0) is 58.4 Å². The molecule has 0 radical (unpaired) electrons. The van der Waals surface area contributed by atoms with Crippen LogP contribution >= 0.6 is 0 Å². The van der Waals surface area contributed by atoms with Crippen molar-refractivity contribution >= 4 is 6.09 Å². The van der Waals surface area contributed by atoms with E-state index in [1.165, 1.54) is 0 Å². The van der Waals surface area contributed by atoms with Crippen LogP contribution in [0.1, 0.15) is 57.8 Å². The van der Waals surface area contributed by atoms with Crippen LogP contribution in [0, 0.1) is 0 Å². The van der Waals surface area contributed by atoms with Gasteiger partial charge in [-0.1, -0.05) is 6.07 Å². The fourth-order valence-electron chi connectivity index (χ4n) is 4.23. The molecule has 33 heavy (non-hydrogen) atoms. The fourth-order valence-corrected chi connectivity index (χ4v) is 4.23. The number of hydrogen-bond acceptors (Lipinski definition) is 6. The summed E-state index contributed by atoms with van der Waals surface area (Å²) in [5, 5.41) is 9.24. The molecular formula is C24H30N6O3. The van der Waals surface area contributed by atoms with Gasteiger partial charge in [0.2, 0.25) is 0 Å². The second-order valence-electron chi connectivity index (χ2n) is 9.96. The summed E-state index contributed by atoms with van der Waals surface area (Å²) >= 11 is 0. The maximum absolute atomic E-state index is 12.3. The minimum Gasteiger partial charge on any atom is -0.491 e. The molecule has 9 heteroatoms. The highest BCUT2D eigenvalue weighted by Crippen LogP contribution is 2.35. The van der Waals surface area contributed by atoms with Crippen LogP contribution < -0.4 is 4.74 Å². The molecule has 174 valence electrons. The van der Waals surface area contributed by atoms with Gasteiger partial charge < -0.3 is 14.4 Å². The second-order valence-corrected chi connectivity index (χ2v) is 9.96. The molecular weight excluding hydrogens is 420 g/mol. The van der Waals surface area contributed by atoms with Gasteiger partial charge in [0, 0.05) is 37.2 Å². The van der Waals surface area contributed by atoms with E-state index in [0.29, 0.717) is 19.7 Å². The van der Waals surface area contributed by atoms with E-state index in [4.69, 9.17) is 14.6 Å². The van der Waals surface area contributed by atoms with Crippen LogP contribution in [0.2, 0.25) is 0 Å². The first-order valence-corrected chi connectivity index (χ1v) is 11.4. The zero-order valence-corrected chi connectivity index (χ0v) is 19.8. The second kappa shape index (κ2) is 7.90. The number of likely N-dealkylation sites (tertiary alicyclic amines) is 1. The van der Waals surface area contributed by atoms with Crippen LogP contribution in [0.25, 0.3) is 17.2 Å². The number of benzene rings is 1. The van der Waals surface area contributed by atoms with Crippen LogP contribution in [0.4, 0.5) is 4.79 Å². The lowest BCUT2D eigenvalue weighted by molar-refractivity contribution is 0.00819. The molecule has 0 bridgehead atoms. The van der Waals surface area contributed by atoms with E-state index in [1.807, 2.05) is 36.2 Å². The van der Waals surface area contributed by atoms with Crippen LogP contribution in [0.3, 0.4) is 0 Å². The van der Waals surface area contributed by atoms with Gasteiger partial charge >= 0.3 is 6.09 Å². The van der Waals surface area contributed by atoms with Crippen LogP contribution in [0.15, 0.2) is 30.6 Å². The number of aromatic nitrogens is 5. The molecule has 3 aromatic rings. The first-order chi connectivity index (χ1) is 15.7. The summed E-state index contributed by atoms with van der Waals surface area (Å²) in [7, 11) is 0. The Kier molecular flexibility index (Phi) is 5.14. The highest BCUT2D eigenvalue weighted by molar-refractivity contribution is 5.69. The first kappa shape index (κ1) is 21.5. The summed E-state index contributed by atoms with van der Waals surface area (Å²) in [6.07, 6.45) is 2.06. The van der Waals surface area contributed by atoms with Gasteiger partial charge in [0.05, 0.1) is 6.61 Å². The Bertz CT molecular complexity index is 1180. The minimum atomic E-state index is -0.489. The van der Waals surface area contributed by atoms with Gasteiger partial charge in [0.25, 0.3) is 0 Å². The van der Waals surface area contributed by atoms with Crippen molar-refractivity contribution in [1.82, 2.24) is 29.4 Å². The van der Waals surface area contributed by atoms with E-state index < -0.39 is 5.60 Å². The molecule has 0 saturated carbocycles. The maximum atomic E-state index is 12.3. The number of nitrogens with zero attached hydrogens (tertiary/aromatic N) is 6. The Labute approximate surface area is 193 Å². The summed E-state index contributed by atoms with van der Waals surface area (Å²) in [6.45, 7) is 11.7. The standard InChI is InChI=1S/C24H30N6O3/c1-15(2)29-22(25-14-26-29)19-11-18-8-9-32-21-7-6-16(10-20(21)30(18)27-19)17-12-28(13-17)23(31)33-24(3,4)5/h6-7,10-11,14-15,17H,8-9,12-13H2,1-5H3. The van der Waals surface area contributed by atoms with Gasteiger partial charge in [-0.25, -0.2) is 19.1 Å². The van der Waals surface area contributed by atoms with Crippen LogP contribution in [-0.4, -0.2) is 60.8 Å². The van der Waals surface area contributed by atoms with Crippen molar-refractivity contribution in [1.29, 1.82) is 0 Å². The van der Waals surface area contributed by atoms with Crippen molar-refractivity contribution in [3.63, 3.8) is 0 Å². The summed E-state index contributed by atoms with van der Waals surface area (Å²) in [4.78, 5) is 18.5. The average molecular weight is 451 g/mol. The molecule has 1 fully saturated rings. The number of fused-ring (bicyclic) bond motifs is 3. The average Bonchev–Trinajstić information content (AvgIpc) is 3.30. The van der Waals surface area contributed by atoms with E-state index in [0.717, 1.165) is 40.6 Å². The van der Waals surface area contributed by atoms with Crippen molar-refractivity contribution in [3.05, 3.63) is 41.9 Å². The lowest BCUT2D eigenvalue weighted by Crippen LogP contribution is -2.50. The SMILES string of the molecule is CC(C)n1ncnc1-c1cc2n(n1)-c1cc(C3CN(C(=O)OC(C)(C)C)C3)ccc1OCC2. The highest BCUT2D eigenvalue weighted by atomic mass is 16.6. The van der Waals surface area contributed by atoms with Gasteiger partial charge in [0.1, 0.15) is 29.1 Å². The quantitative estimate of drug-likeness (QED) is 0.600. The third kappa shape index (κ3) is 4.07. The van der Waals surface area contributed by atoms with Gasteiger partial charge in [0.15, 0.2) is 5.82 Å². The molecule has 1 amide bonds. The topological polar surface area (TPSA) is 87.3 Å². The van der Waals surface area contributed by atoms with E-state index in [1.54, 1.807) is 11.2 Å². The van der Waals surface area contributed by atoms with Crippen LogP contribution in [-0.2, 0) is 11.2 Å². The van der Waals surface area contributed by atoms with E-state index in [-0.39, 0.29) is 18.1 Å². The smallest absolute Gasteiger partial charge is 0.410 e. The molecule has 1 aromatic carbocycles. The van der Waals surface area contributed by atoms with Crippen molar-refractivity contribution in [3.8, 4) is 23.0 Å². The Balaban J connectivity index is 1.41. The molecule has 0 N–H and O–H groups in total. The Hall–Kier alpha value is -3.36. The number of hydrogen-bond donors (Lipinski definition) is 0. The first-order valence-electron chi connectivity index (χ1n) is 11.4. The van der Waals surface area contributed by atoms with Gasteiger partial charge in [-0.2, -0.15) is 10.2 Å². The number of carbonyl (C=O) groups is 1. The highest BCUT2D eigenvalue weighted by Gasteiger charge is 2.35. The Morgan fingerprint density at radius 2 is 2.00 bits per heavy atom.